The lowest BCUT2D eigenvalue weighted by Crippen LogP contribution is -2.62. The van der Waals surface area contributed by atoms with Crippen LogP contribution in [0.25, 0.3) is 33.4 Å². The fourth-order valence-electron chi connectivity index (χ4n) is 9.43. The number of hydrazine groups is 1. The summed E-state index contributed by atoms with van der Waals surface area (Å²) in [5, 5.41) is 8.07. The van der Waals surface area contributed by atoms with Crippen molar-refractivity contribution in [2.24, 2.45) is 17.3 Å². The van der Waals surface area contributed by atoms with Crippen LogP contribution >= 0.6 is 11.3 Å². The van der Waals surface area contributed by atoms with Crippen molar-refractivity contribution in [2.75, 3.05) is 47.5 Å². The lowest BCUT2D eigenvalue weighted by Gasteiger charge is -2.36. The Bertz CT molecular complexity index is 2390. The van der Waals surface area contributed by atoms with Crippen LogP contribution in [0.5, 0.6) is 0 Å². The summed E-state index contributed by atoms with van der Waals surface area (Å²) in [5.41, 5.74) is 9.23. The van der Waals surface area contributed by atoms with Crippen LogP contribution in [-0.4, -0.2) is 125 Å². The second-order valence-electron chi connectivity index (χ2n) is 18.3. The van der Waals surface area contributed by atoms with E-state index in [1.807, 2.05) is 32.2 Å². The molecule has 0 spiro atoms. The Hall–Kier alpha value is -5.39. The van der Waals surface area contributed by atoms with E-state index in [0.29, 0.717) is 50.3 Å². The zero-order valence-electron chi connectivity index (χ0n) is 38.4. The maximum absolute atomic E-state index is 14.6. The van der Waals surface area contributed by atoms with Gasteiger partial charge in [0, 0.05) is 85.8 Å². The second-order valence-corrected chi connectivity index (χ2v) is 19.3. The van der Waals surface area contributed by atoms with Crippen LogP contribution in [0.1, 0.15) is 83.2 Å². The molecule has 3 aromatic heterocycles. The molecule has 6 bridgehead atoms. The predicted octanol–water partition coefficient (Wildman–Crippen LogP) is 5.77. The maximum Gasteiger partial charge on any atom is 0.409 e. The highest BCUT2D eigenvalue weighted by molar-refractivity contribution is 7.10. The van der Waals surface area contributed by atoms with Crippen molar-refractivity contribution < 1.29 is 38.2 Å². The van der Waals surface area contributed by atoms with Crippen LogP contribution < -0.4 is 10.7 Å². The summed E-state index contributed by atoms with van der Waals surface area (Å²) in [5.74, 6) is -2.47. The van der Waals surface area contributed by atoms with Crippen molar-refractivity contribution in [1.29, 1.82) is 0 Å². The first-order valence-electron chi connectivity index (χ1n) is 22.3. The second kappa shape index (κ2) is 19.4. The summed E-state index contributed by atoms with van der Waals surface area (Å²) in [6.45, 7) is 13.7. The molecule has 3 aliphatic heterocycles. The minimum Gasteiger partial charge on any atom is -0.464 e. The third-order valence-electron chi connectivity index (χ3n) is 12.8. The number of hydrogen-bond acceptors (Lipinski definition) is 12. The minimum atomic E-state index is -1.09. The largest absolute Gasteiger partial charge is 0.464 e. The molecule has 3 aliphatic rings. The van der Waals surface area contributed by atoms with E-state index in [1.165, 1.54) is 33.3 Å². The van der Waals surface area contributed by atoms with E-state index in [9.17, 15) is 24.0 Å². The minimum absolute atomic E-state index is 0.0707. The summed E-state index contributed by atoms with van der Waals surface area (Å²) >= 11 is 1.40. The van der Waals surface area contributed by atoms with Crippen LogP contribution in [0.4, 0.5) is 4.79 Å². The number of likely N-dealkylation sites (tertiary alicyclic amines) is 1. The molecule has 7 rings (SSSR count). The number of carbonyl (C=O) groups is 5. The molecule has 16 nitrogen and oxygen atoms in total. The first kappa shape index (κ1) is 46.6. The third-order valence-corrected chi connectivity index (χ3v) is 13.7. The number of likely N-dealkylation sites (N-methyl/N-ethyl adjacent to an activating group) is 1. The lowest BCUT2D eigenvalue weighted by molar-refractivity contribution is -0.155. The molecule has 64 heavy (non-hydrogen) atoms. The number of aryl methyl sites for hydroxylation is 1. The Balaban J connectivity index is 1.27. The summed E-state index contributed by atoms with van der Waals surface area (Å²) in [6.07, 6.45) is 3.12. The number of carbonyl (C=O) groups excluding carboxylic acids is 5. The molecule has 1 aromatic carbocycles. The Morgan fingerprint density at radius 3 is 2.61 bits per heavy atom. The van der Waals surface area contributed by atoms with Crippen LogP contribution in [0.2, 0.25) is 0 Å². The van der Waals surface area contributed by atoms with E-state index in [0.717, 1.165) is 44.7 Å². The van der Waals surface area contributed by atoms with Gasteiger partial charge in [-0.05, 0) is 75.3 Å². The van der Waals surface area contributed by atoms with Crippen molar-refractivity contribution in [3.63, 3.8) is 0 Å². The lowest BCUT2D eigenvalue weighted by atomic mass is 9.84. The first-order valence-corrected chi connectivity index (χ1v) is 23.2. The molecule has 6 heterocycles. The van der Waals surface area contributed by atoms with E-state index in [1.54, 1.807) is 20.4 Å². The van der Waals surface area contributed by atoms with E-state index < -0.39 is 53.3 Å². The van der Waals surface area contributed by atoms with Gasteiger partial charge in [-0.3, -0.25) is 29.2 Å². The van der Waals surface area contributed by atoms with Gasteiger partial charge in [0.05, 0.1) is 47.8 Å². The molecule has 0 radical (unpaired) electrons. The fraction of sp³-hybridized carbons (Fsp3) is 0.553. The van der Waals surface area contributed by atoms with Crippen molar-refractivity contribution in [1.82, 2.24) is 40.1 Å². The number of pyridine rings is 1. The number of amides is 4. The van der Waals surface area contributed by atoms with E-state index in [2.05, 4.69) is 60.3 Å². The number of methoxy groups -OCH3 is 2. The molecule has 344 valence electrons. The molecule has 2 saturated heterocycles. The first-order chi connectivity index (χ1) is 30.5. The van der Waals surface area contributed by atoms with Crippen LogP contribution in [0.15, 0.2) is 41.9 Å². The Kier molecular flexibility index (Phi) is 14.1. The number of ether oxygens (including phenoxy) is 3. The van der Waals surface area contributed by atoms with Gasteiger partial charge >= 0.3 is 12.1 Å². The van der Waals surface area contributed by atoms with Gasteiger partial charge in [0.15, 0.2) is 0 Å². The third kappa shape index (κ3) is 9.52. The number of cyclic esters (lactones) is 1. The standard InChI is InChI=1S/C47H62N8O8S/c1-10-54-37-16-15-29-21-32(37)33(41(54)31-13-11-18-48-39(31)28(4)61-8)23-47(5,6)26-63-45(59)34-14-12-19-55(51-34)44(58)35(22-38-49-36(29)25-64-38)50-42(56)40(27(2)3)52(7)43(57)30-17-20-53(24-30)46(60)62-9/h11,13,15-16,18,21,25,27-28,30,34-35,40,51H,10,12,14,17,19-20,22-24,26H2,1-9H3,(H,50,56)/t28-,30-,34-,35-,40-/m0/s1. The maximum atomic E-state index is 14.6. The molecule has 17 heteroatoms. The number of thiazole rings is 1. The summed E-state index contributed by atoms with van der Waals surface area (Å²) in [6, 6.07) is 7.59. The number of rotatable bonds is 9. The average Bonchev–Trinajstić information content (AvgIpc) is 4.05. The normalized spacial score (nSPS) is 21.3. The van der Waals surface area contributed by atoms with Gasteiger partial charge in [-0.1, -0.05) is 33.8 Å². The van der Waals surface area contributed by atoms with Gasteiger partial charge in [-0.15, -0.1) is 11.3 Å². The zero-order valence-corrected chi connectivity index (χ0v) is 39.3. The number of hydrogen-bond donors (Lipinski definition) is 2. The smallest absolute Gasteiger partial charge is 0.409 e. The molecule has 5 atom stereocenters. The Labute approximate surface area is 379 Å². The van der Waals surface area contributed by atoms with Gasteiger partial charge in [-0.25, -0.2) is 15.2 Å². The highest BCUT2D eigenvalue weighted by atomic mass is 32.1. The number of benzene rings is 1. The Morgan fingerprint density at radius 2 is 1.89 bits per heavy atom. The van der Waals surface area contributed by atoms with Crippen LogP contribution in [0, 0.1) is 17.3 Å². The topological polar surface area (TPSA) is 178 Å². The van der Waals surface area contributed by atoms with Gasteiger partial charge in [0.1, 0.15) is 18.1 Å². The Morgan fingerprint density at radius 1 is 1.11 bits per heavy atom. The zero-order chi connectivity index (χ0) is 46.0. The summed E-state index contributed by atoms with van der Waals surface area (Å²) in [7, 11) is 4.57. The van der Waals surface area contributed by atoms with E-state index >= 15 is 0 Å². The SMILES string of the molecule is CCn1c(-c2cccnc2[C@H](C)OC)c2c3cc(ccc31)-c1csc(n1)C[C@H](NC(=O)[C@H](C(C)C)N(C)C(=O)[C@H]1CCN(C(=O)OC)C1)C(=O)N1CCC[C@H](N1)C(=O)OCC(C)(C)C2. The van der Waals surface area contributed by atoms with E-state index in [4.69, 9.17) is 24.2 Å². The van der Waals surface area contributed by atoms with Crippen molar-refractivity contribution in [2.45, 2.75) is 104 Å². The van der Waals surface area contributed by atoms with Gasteiger partial charge in [-0.2, -0.15) is 0 Å². The monoisotopic (exact) mass is 898 g/mol. The fourth-order valence-corrected chi connectivity index (χ4v) is 10.3. The molecular formula is C47H62N8O8S. The summed E-state index contributed by atoms with van der Waals surface area (Å²) < 4.78 is 19.1. The van der Waals surface area contributed by atoms with Crippen LogP contribution in [0.3, 0.4) is 0 Å². The number of nitrogens with zero attached hydrogens (tertiary/aromatic N) is 6. The predicted molar refractivity (Wildman–Crippen MR) is 243 cm³/mol. The van der Waals surface area contributed by atoms with Gasteiger partial charge < -0.3 is 33.9 Å². The highest BCUT2D eigenvalue weighted by Crippen LogP contribution is 2.42. The number of esters is 1. The highest BCUT2D eigenvalue weighted by Gasteiger charge is 2.41. The molecule has 0 unspecified atom stereocenters. The average molecular weight is 899 g/mol. The molecule has 2 N–H and O–H groups in total. The van der Waals surface area contributed by atoms with Gasteiger partial charge in [0.25, 0.3) is 5.91 Å². The summed E-state index contributed by atoms with van der Waals surface area (Å²) in [4.78, 5) is 81.6. The number of aromatic nitrogens is 3. The van der Waals surface area contributed by atoms with Crippen molar-refractivity contribution in [3.05, 3.63) is 58.2 Å². The molecule has 4 aromatic rings. The molecular weight excluding hydrogens is 837 g/mol. The quantitative estimate of drug-likeness (QED) is 0.195. The molecule has 4 amide bonds. The van der Waals surface area contributed by atoms with E-state index in [-0.39, 0.29) is 37.5 Å². The van der Waals surface area contributed by atoms with Crippen LogP contribution in [-0.2, 0) is 52.8 Å². The molecule has 0 aliphatic carbocycles. The number of nitrogens with one attached hydrogen (secondary N) is 2. The van der Waals surface area contributed by atoms with Crippen molar-refractivity contribution in [3.8, 4) is 22.5 Å². The molecule has 0 saturated carbocycles. The molecule has 2 fully saturated rings. The number of fused-ring (bicyclic) bond motifs is 6. The van der Waals surface area contributed by atoms with Crippen molar-refractivity contribution >= 4 is 52.0 Å². The van der Waals surface area contributed by atoms with Gasteiger partial charge in [0.2, 0.25) is 11.8 Å².